The normalized spacial score (nSPS) is 12.9. The molecule has 41 heavy (non-hydrogen) atoms. The van der Waals surface area contributed by atoms with Crippen molar-refractivity contribution < 1.29 is 29.4 Å². The van der Waals surface area contributed by atoms with Gasteiger partial charge in [0.2, 0.25) is 17.7 Å². The molecule has 3 amide bonds. The molecule has 0 fully saturated rings. The maximum Gasteiger partial charge on any atom is 0.322 e. The number of nitrogens with two attached hydrogens (primary N) is 3. The number of aliphatic carboxylic acids is 1. The van der Waals surface area contributed by atoms with Crippen molar-refractivity contribution in [3.63, 3.8) is 0 Å². The third-order valence-corrected chi connectivity index (χ3v) is 6.35. The summed E-state index contributed by atoms with van der Waals surface area (Å²) in [6, 6.07) is 8.83. The van der Waals surface area contributed by atoms with Gasteiger partial charge in [0.05, 0.1) is 6.04 Å². The molecule has 0 aromatic heterocycles. The number of benzene rings is 2. The fraction of sp³-hybridized carbons (Fsp3) is 0.393. The number of aryl methyl sites for hydroxylation is 2. The molecule has 0 aliphatic heterocycles. The topological polar surface area (TPSA) is 235 Å². The summed E-state index contributed by atoms with van der Waals surface area (Å²) in [6.45, 7) is 3.18. The van der Waals surface area contributed by atoms with Crippen molar-refractivity contribution in [2.45, 2.75) is 57.7 Å². The number of carbonyl (C=O) groups is 4. The fourth-order valence-corrected chi connectivity index (χ4v) is 4.27. The van der Waals surface area contributed by atoms with Crippen LogP contribution in [0, 0.1) is 13.8 Å². The highest BCUT2D eigenvalue weighted by molar-refractivity contribution is 5.94. The third-order valence-electron chi connectivity index (χ3n) is 6.35. The Hall–Kier alpha value is -4.65. The van der Waals surface area contributed by atoms with Gasteiger partial charge in [-0.3, -0.25) is 24.2 Å². The molecule has 2 rings (SSSR count). The molecule has 0 saturated heterocycles. The van der Waals surface area contributed by atoms with Crippen molar-refractivity contribution in [1.82, 2.24) is 16.0 Å². The lowest BCUT2D eigenvalue weighted by Gasteiger charge is -2.24. The first kappa shape index (κ1) is 32.6. The van der Waals surface area contributed by atoms with E-state index < -0.39 is 48.4 Å². The fourth-order valence-electron chi connectivity index (χ4n) is 4.27. The minimum atomic E-state index is -1.24. The van der Waals surface area contributed by atoms with E-state index in [-0.39, 0.29) is 37.5 Å². The van der Waals surface area contributed by atoms with Crippen LogP contribution in [0.3, 0.4) is 0 Å². The Bertz CT molecular complexity index is 1220. The zero-order chi connectivity index (χ0) is 30.5. The number of hydrogen-bond donors (Lipinski definition) is 8. The van der Waals surface area contributed by atoms with Crippen molar-refractivity contribution in [3.05, 3.63) is 64.7 Å². The number of guanidine groups is 1. The monoisotopic (exact) mass is 569 g/mol. The van der Waals surface area contributed by atoms with Gasteiger partial charge in [-0.25, -0.2) is 0 Å². The van der Waals surface area contributed by atoms with Gasteiger partial charge in [-0.1, -0.05) is 30.3 Å². The summed E-state index contributed by atoms with van der Waals surface area (Å²) >= 11 is 0. The van der Waals surface area contributed by atoms with Crippen molar-refractivity contribution in [3.8, 4) is 5.75 Å². The number of carboxylic acids is 1. The molecule has 0 spiro atoms. The number of rotatable bonds is 15. The SMILES string of the molecule is Cc1cc(O)cc(C)c1C[C@H](N)C(=O)N[C@H](CCCN=C(N)N)C(=O)N[C@@H](Cc1ccccc1)C(=O)NCC(=O)O. The lowest BCUT2D eigenvalue weighted by Crippen LogP contribution is -2.56. The van der Waals surface area contributed by atoms with E-state index >= 15 is 0 Å². The highest BCUT2D eigenvalue weighted by Crippen LogP contribution is 2.22. The average molecular weight is 570 g/mol. The van der Waals surface area contributed by atoms with Crippen molar-refractivity contribution >= 4 is 29.7 Å². The summed E-state index contributed by atoms with van der Waals surface area (Å²) in [5.41, 5.74) is 20.0. The standard InChI is InChI=1S/C28H39N7O6/c1-16-11-19(36)12-17(2)20(16)14-21(29)25(39)34-22(9-6-10-32-28(30)31)27(41)35-23(26(40)33-15-24(37)38)13-18-7-4-3-5-8-18/h3-5,7-8,11-12,21-23,36H,6,9-10,13-15,29H2,1-2H3,(H,33,40)(H,34,39)(H,35,41)(H,37,38)(H4,30,31,32)/t21-,22+,23-/m0/s1. The molecule has 0 aliphatic rings. The van der Waals surface area contributed by atoms with E-state index in [1.165, 1.54) is 0 Å². The number of aromatic hydroxyl groups is 1. The Morgan fingerprint density at radius 1 is 0.902 bits per heavy atom. The highest BCUT2D eigenvalue weighted by atomic mass is 16.4. The first-order valence-corrected chi connectivity index (χ1v) is 13.1. The number of aliphatic imine (C=N–C) groups is 1. The van der Waals surface area contributed by atoms with Crippen LogP contribution in [-0.2, 0) is 32.0 Å². The molecule has 222 valence electrons. The molecule has 11 N–H and O–H groups in total. The number of phenols is 1. The summed E-state index contributed by atoms with van der Waals surface area (Å²) in [4.78, 5) is 54.2. The predicted octanol–water partition coefficient (Wildman–Crippen LogP) is -0.654. The van der Waals surface area contributed by atoms with Crippen LogP contribution in [0.15, 0.2) is 47.5 Å². The highest BCUT2D eigenvalue weighted by Gasteiger charge is 2.29. The number of nitrogens with one attached hydrogen (secondary N) is 3. The Kier molecular flexibility index (Phi) is 12.6. The van der Waals surface area contributed by atoms with Gasteiger partial charge in [0.25, 0.3) is 0 Å². The lowest BCUT2D eigenvalue weighted by atomic mass is 9.95. The summed E-state index contributed by atoms with van der Waals surface area (Å²) in [5, 5.41) is 26.4. The summed E-state index contributed by atoms with van der Waals surface area (Å²) in [7, 11) is 0. The molecule has 3 atom stereocenters. The molecule has 0 radical (unpaired) electrons. The minimum Gasteiger partial charge on any atom is -0.508 e. The summed E-state index contributed by atoms with van der Waals surface area (Å²) in [5.74, 6) is -3.18. The zero-order valence-electron chi connectivity index (χ0n) is 23.2. The van der Waals surface area contributed by atoms with Crippen LogP contribution in [0.4, 0.5) is 0 Å². The molecule has 0 unspecified atom stereocenters. The van der Waals surface area contributed by atoms with Gasteiger partial charge < -0.3 is 43.4 Å². The first-order valence-electron chi connectivity index (χ1n) is 13.1. The minimum absolute atomic E-state index is 0.0889. The van der Waals surface area contributed by atoms with Crippen LogP contribution in [0.1, 0.15) is 35.1 Å². The molecule has 13 heteroatoms. The molecule has 0 bridgehead atoms. The van der Waals surface area contributed by atoms with E-state index in [1.54, 1.807) is 56.3 Å². The average Bonchev–Trinajstić information content (AvgIpc) is 2.90. The van der Waals surface area contributed by atoms with Gasteiger partial charge in [-0.2, -0.15) is 0 Å². The molecule has 2 aromatic carbocycles. The van der Waals surface area contributed by atoms with Crippen molar-refractivity contribution in [2.75, 3.05) is 13.1 Å². The smallest absolute Gasteiger partial charge is 0.322 e. The Morgan fingerprint density at radius 2 is 1.51 bits per heavy atom. The summed E-state index contributed by atoms with van der Waals surface area (Å²) in [6.07, 6.45) is 0.718. The number of carboxylic acid groups (broad SMARTS) is 1. The maximum atomic E-state index is 13.4. The van der Waals surface area contributed by atoms with Crippen molar-refractivity contribution in [2.24, 2.45) is 22.2 Å². The van der Waals surface area contributed by atoms with Gasteiger partial charge in [0, 0.05) is 13.0 Å². The van der Waals surface area contributed by atoms with Crippen molar-refractivity contribution in [1.29, 1.82) is 0 Å². The van der Waals surface area contributed by atoms with E-state index in [9.17, 15) is 24.3 Å². The molecule has 0 saturated carbocycles. The van der Waals surface area contributed by atoms with Gasteiger partial charge in [0.15, 0.2) is 5.96 Å². The Labute approximate surface area is 238 Å². The predicted molar refractivity (Wildman–Crippen MR) is 154 cm³/mol. The molecular formula is C28H39N7O6. The van der Waals surface area contributed by atoms with Crippen LogP contribution < -0.4 is 33.2 Å². The Morgan fingerprint density at radius 3 is 2.10 bits per heavy atom. The van der Waals surface area contributed by atoms with Crippen LogP contribution in [0.2, 0.25) is 0 Å². The molecule has 13 nitrogen and oxygen atoms in total. The van der Waals surface area contributed by atoms with Crippen LogP contribution >= 0.6 is 0 Å². The second kappa shape index (κ2) is 15.8. The van der Waals surface area contributed by atoms with E-state index in [1.807, 2.05) is 0 Å². The molecule has 0 heterocycles. The largest absolute Gasteiger partial charge is 0.508 e. The van der Waals surface area contributed by atoms with Crippen LogP contribution in [0.25, 0.3) is 0 Å². The Balaban J connectivity index is 2.21. The maximum absolute atomic E-state index is 13.4. The van der Waals surface area contributed by atoms with E-state index in [4.69, 9.17) is 22.3 Å². The quantitative estimate of drug-likeness (QED) is 0.0771. The number of hydrogen-bond acceptors (Lipinski definition) is 7. The van der Waals surface area contributed by atoms with E-state index in [0.29, 0.717) is 6.42 Å². The number of nitrogens with zero attached hydrogens (tertiary/aromatic N) is 1. The van der Waals surface area contributed by atoms with Gasteiger partial charge in [-0.05, 0) is 67.5 Å². The third kappa shape index (κ3) is 11.2. The molecule has 2 aromatic rings. The second-order valence-corrected chi connectivity index (χ2v) is 9.74. The van der Waals surface area contributed by atoms with Gasteiger partial charge in [-0.15, -0.1) is 0 Å². The number of carbonyl (C=O) groups excluding carboxylic acids is 3. The van der Waals surface area contributed by atoms with Crippen LogP contribution in [-0.4, -0.2) is 71.1 Å². The van der Waals surface area contributed by atoms with Gasteiger partial charge >= 0.3 is 5.97 Å². The van der Waals surface area contributed by atoms with E-state index in [0.717, 1.165) is 22.3 Å². The molecular weight excluding hydrogens is 530 g/mol. The first-order chi connectivity index (χ1) is 19.4. The van der Waals surface area contributed by atoms with Crippen LogP contribution in [0.5, 0.6) is 5.75 Å². The number of phenolic OH excluding ortho intramolecular Hbond substituents is 1. The van der Waals surface area contributed by atoms with E-state index in [2.05, 4.69) is 20.9 Å². The second-order valence-electron chi connectivity index (χ2n) is 9.74. The lowest BCUT2D eigenvalue weighted by molar-refractivity contribution is -0.138. The summed E-state index contributed by atoms with van der Waals surface area (Å²) < 4.78 is 0. The zero-order valence-corrected chi connectivity index (χ0v) is 23.2. The number of amides is 3. The molecule has 0 aliphatic carbocycles. The van der Waals surface area contributed by atoms with Gasteiger partial charge in [0.1, 0.15) is 24.4 Å².